The van der Waals surface area contributed by atoms with Crippen molar-refractivity contribution in [3.63, 3.8) is 0 Å². The summed E-state index contributed by atoms with van der Waals surface area (Å²) in [5.41, 5.74) is 0. The van der Waals surface area contributed by atoms with E-state index >= 15 is 0 Å². The summed E-state index contributed by atoms with van der Waals surface area (Å²) in [6.45, 7) is 6.34. The van der Waals surface area contributed by atoms with Crippen LogP contribution < -0.4 is 5.32 Å². The minimum absolute atomic E-state index is 0.647. The van der Waals surface area contributed by atoms with E-state index < -0.39 is 0 Å². The molecule has 0 saturated heterocycles. The molecule has 2 nitrogen and oxygen atoms in total. The van der Waals surface area contributed by atoms with E-state index in [9.17, 15) is 0 Å². The predicted molar refractivity (Wildman–Crippen MR) is 77.4 cm³/mol. The smallest absolute Gasteiger partial charge is 0.157 e. The first-order valence-electron chi connectivity index (χ1n) is 5.33. The van der Waals surface area contributed by atoms with Crippen molar-refractivity contribution in [2.24, 2.45) is 10.9 Å². The number of amidine groups is 1. The third-order valence-electron chi connectivity index (χ3n) is 2.51. The van der Waals surface area contributed by atoms with Crippen molar-refractivity contribution < 1.29 is 0 Å². The number of thioether (sulfide) groups is 1. The Kier molecular flexibility index (Phi) is 4.33. The van der Waals surface area contributed by atoms with E-state index in [0.29, 0.717) is 11.2 Å². The van der Waals surface area contributed by atoms with Gasteiger partial charge in [0.25, 0.3) is 0 Å². The normalized spacial score (nSPS) is 20.2. The molecule has 0 fully saturated rings. The Balaban J connectivity index is 1.82. The lowest BCUT2D eigenvalue weighted by Crippen LogP contribution is -2.19. The minimum atomic E-state index is 0.647. The molecule has 1 unspecified atom stereocenters. The topological polar surface area (TPSA) is 24.4 Å². The van der Waals surface area contributed by atoms with Crippen LogP contribution in [0, 0.1) is 5.92 Å². The molecule has 0 radical (unpaired) electrons. The van der Waals surface area contributed by atoms with Gasteiger partial charge in [0.15, 0.2) is 5.17 Å². The highest BCUT2D eigenvalue weighted by atomic mass is 79.9. The maximum absolute atomic E-state index is 4.53. The lowest BCUT2D eigenvalue weighted by Gasteiger charge is -2.11. The van der Waals surface area contributed by atoms with E-state index in [-0.39, 0.29) is 0 Å². The average molecular weight is 319 g/mol. The first-order valence-corrected chi connectivity index (χ1v) is 7.89. The monoisotopic (exact) mass is 318 g/mol. The van der Waals surface area contributed by atoms with Crippen molar-refractivity contribution in [1.82, 2.24) is 5.32 Å². The van der Waals surface area contributed by atoms with Gasteiger partial charge in [0.05, 0.1) is 13.1 Å². The molecule has 0 aliphatic carbocycles. The highest BCUT2D eigenvalue weighted by molar-refractivity contribution is 9.10. The van der Waals surface area contributed by atoms with Gasteiger partial charge >= 0.3 is 0 Å². The standard InChI is InChI=1S/C11H15BrN2S2/c1-7(2)9-5-13-11(16-9)14-6-10-8(12)3-4-15-10/h3-4,7,9H,5-6H2,1-2H3,(H,13,14). The number of nitrogens with zero attached hydrogens (tertiary/aromatic N) is 1. The molecule has 0 amide bonds. The summed E-state index contributed by atoms with van der Waals surface area (Å²) in [6.07, 6.45) is 0. The molecule has 0 aromatic carbocycles. The van der Waals surface area contributed by atoms with E-state index in [4.69, 9.17) is 0 Å². The second-order valence-electron chi connectivity index (χ2n) is 4.09. The second-order valence-corrected chi connectivity index (χ2v) is 7.17. The summed E-state index contributed by atoms with van der Waals surface area (Å²) in [5.74, 6) is 0.696. The van der Waals surface area contributed by atoms with Crippen molar-refractivity contribution in [1.29, 1.82) is 0 Å². The maximum Gasteiger partial charge on any atom is 0.157 e. The Bertz CT molecular complexity index is 387. The van der Waals surface area contributed by atoms with Crippen LogP contribution in [-0.4, -0.2) is 17.0 Å². The summed E-state index contributed by atoms with van der Waals surface area (Å²) >= 11 is 7.18. The third-order valence-corrected chi connectivity index (χ3v) is 5.93. The number of hydrogen-bond donors (Lipinski definition) is 1. The van der Waals surface area contributed by atoms with Gasteiger partial charge in [-0.3, -0.25) is 4.99 Å². The summed E-state index contributed by atoms with van der Waals surface area (Å²) in [7, 11) is 0. The molecule has 1 aromatic rings. The van der Waals surface area contributed by atoms with Gasteiger partial charge in [-0.25, -0.2) is 0 Å². The van der Waals surface area contributed by atoms with Gasteiger partial charge in [-0.1, -0.05) is 25.6 Å². The third kappa shape index (κ3) is 3.02. The first kappa shape index (κ1) is 12.5. The van der Waals surface area contributed by atoms with Crippen LogP contribution >= 0.6 is 39.0 Å². The lowest BCUT2D eigenvalue weighted by molar-refractivity contribution is 0.621. The Labute approximate surface area is 113 Å². The summed E-state index contributed by atoms with van der Waals surface area (Å²) in [4.78, 5) is 5.86. The number of thiophene rings is 1. The van der Waals surface area contributed by atoms with Crippen LogP contribution in [0.1, 0.15) is 18.7 Å². The average Bonchev–Trinajstić information content (AvgIpc) is 2.83. The zero-order valence-corrected chi connectivity index (χ0v) is 12.6. The first-order chi connectivity index (χ1) is 7.66. The quantitative estimate of drug-likeness (QED) is 0.918. The molecule has 1 aliphatic rings. The van der Waals surface area contributed by atoms with Crippen LogP contribution in [0.25, 0.3) is 0 Å². The number of rotatable bonds is 3. The molecule has 0 saturated carbocycles. The number of halogens is 1. The van der Waals surface area contributed by atoms with Crippen molar-refractivity contribution in [2.45, 2.75) is 25.6 Å². The molecule has 88 valence electrons. The fourth-order valence-electron chi connectivity index (χ4n) is 1.44. The van der Waals surface area contributed by atoms with Gasteiger partial charge < -0.3 is 5.32 Å². The summed E-state index contributed by atoms with van der Waals surface area (Å²) in [6, 6.07) is 2.09. The van der Waals surface area contributed by atoms with Crippen molar-refractivity contribution in [2.75, 3.05) is 6.54 Å². The Morgan fingerprint density at radius 3 is 3.00 bits per heavy atom. The molecule has 16 heavy (non-hydrogen) atoms. The largest absolute Gasteiger partial charge is 0.360 e. The van der Waals surface area contributed by atoms with Gasteiger partial charge in [0.2, 0.25) is 0 Å². The summed E-state index contributed by atoms with van der Waals surface area (Å²) in [5, 5.41) is 7.25. The molecule has 0 spiro atoms. The van der Waals surface area contributed by atoms with Crippen LogP contribution in [0.2, 0.25) is 0 Å². The highest BCUT2D eigenvalue weighted by Crippen LogP contribution is 2.27. The molecule has 2 heterocycles. The van der Waals surface area contributed by atoms with Crippen LogP contribution in [0.5, 0.6) is 0 Å². The van der Waals surface area contributed by atoms with Crippen LogP contribution in [0.3, 0.4) is 0 Å². The number of hydrogen-bond acceptors (Lipinski definition) is 4. The Hall–Kier alpha value is -0.000000000000000111. The van der Waals surface area contributed by atoms with E-state index in [1.165, 1.54) is 9.35 Å². The molecule has 0 bridgehead atoms. The fourth-order valence-corrected chi connectivity index (χ4v) is 3.89. The molecule has 1 aromatic heterocycles. The van der Waals surface area contributed by atoms with Gasteiger partial charge in [-0.05, 0) is 33.3 Å². The van der Waals surface area contributed by atoms with Crippen LogP contribution in [0.4, 0.5) is 0 Å². The van der Waals surface area contributed by atoms with Gasteiger partial charge in [0, 0.05) is 14.6 Å². The van der Waals surface area contributed by atoms with E-state index in [1.54, 1.807) is 11.3 Å². The van der Waals surface area contributed by atoms with Crippen LogP contribution in [0.15, 0.2) is 20.9 Å². The SMILES string of the molecule is CC(C)C1CN=C(NCc2sccc2Br)S1. The molecule has 1 N–H and O–H groups in total. The van der Waals surface area contributed by atoms with Gasteiger partial charge in [-0.2, -0.15) is 0 Å². The van der Waals surface area contributed by atoms with Gasteiger partial charge in [-0.15, -0.1) is 11.3 Å². The van der Waals surface area contributed by atoms with Gasteiger partial charge in [0.1, 0.15) is 0 Å². The highest BCUT2D eigenvalue weighted by Gasteiger charge is 2.22. The molecule has 2 rings (SSSR count). The fraction of sp³-hybridized carbons (Fsp3) is 0.545. The zero-order valence-electron chi connectivity index (χ0n) is 9.37. The van der Waals surface area contributed by atoms with E-state index in [1.807, 2.05) is 11.8 Å². The van der Waals surface area contributed by atoms with Crippen molar-refractivity contribution in [3.05, 3.63) is 20.8 Å². The molecule has 5 heteroatoms. The second kappa shape index (κ2) is 5.56. The maximum atomic E-state index is 4.53. The number of nitrogens with one attached hydrogen (secondary N) is 1. The van der Waals surface area contributed by atoms with Crippen molar-refractivity contribution >= 4 is 44.2 Å². The molecular weight excluding hydrogens is 304 g/mol. The van der Waals surface area contributed by atoms with E-state index in [0.717, 1.165) is 18.3 Å². The lowest BCUT2D eigenvalue weighted by atomic mass is 10.1. The Morgan fingerprint density at radius 2 is 2.44 bits per heavy atom. The van der Waals surface area contributed by atoms with Crippen molar-refractivity contribution in [3.8, 4) is 0 Å². The molecular formula is C11H15BrN2S2. The van der Waals surface area contributed by atoms with Crippen LogP contribution in [-0.2, 0) is 6.54 Å². The minimum Gasteiger partial charge on any atom is -0.360 e. The predicted octanol–water partition coefficient (Wildman–Crippen LogP) is 3.73. The number of aliphatic imine (C=N–C) groups is 1. The zero-order chi connectivity index (χ0) is 11.5. The van der Waals surface area contributed by atoms with E-state index in [2.05, 4.69) is 51.5 Å². The Morgan fingerprint density at radius 1 is 1.62 bits per heavy atom. The summed E-state index contributed by atoms with van der Waals surface area (Å²) < 4.78 is 1.19. The molecule has 1 aliphatic heterocycles. The molecule has 1 atom stereocenters.